The van der Waals surface area contributed by atoms with Crippen LogP contribution in [-0.2, 0) is 0 Å². The van der Waals surface area contributed by atoms with E-state index in [1.54, 1.807) is 6.20 Å². The van der Waals surface area contributed by atoms with Gasteiger partial charge in [0, 0.05) is 13.1 Å². The highest BCUT2D eigenvalue weighted by Gasteiger charge is 2.27. The molecule has 0 bridgehead atoms. The van der Waals surface area contributed by atoms with Gasteiger partial charge < -0.3 is 10.6 Å². The smallest absolute Gasteiger partial charge is 0.222 e. The van der Waals surface area contributed by atoms with E-state index in [-0.39, 0.29) is 5.95 Å². The molecule has 0 saturated heterocycles. The van der Waals surface area contributed by atoms with Crippen molar-refractivity contribution in [3.8, 4) is 0 Å². The fourth-order valence-corrected chi connectivity index (χ4v) is 2.87. The molecule has 0 spiro atoms. The van der Waals surface area contributed by atoms with Crippen molar-refractivity contribution in [2.75, 3.05) is 17.7 Å². The summed E-state index contributed by atoms with van der Waals surface area (Å²) in [6.45, 7) is 2.29. The summed E-state index contributed by atoms with van der Waals surface area (Å²) in [6.07, 6.45) is 6.64. The molecule has 4 nitrogen and oxygen atoms in total. The minimum absolute atomic E-state index is 0.278. The molecule has 1 heterocycles. The number of nitrogen functional groups attached to an aromatic ring is 1. The van der Waals surface area contributed by atoms with Gasteiger partial charge in [-0.2, -0.15) is 4.98 Å². The lowest BCUT2D eigenvalue weighted by Crippen LogP contribution is -2.39. The van der Waals surface area contributed by atoms with Crippen LogP contribution in [0, 0.1) is 5.92 Å². The molecule has 1 aromatic rings. The summed E-state index contributed by atoms with van der Waals surface area (Å²) in [5.74, 6) is 1.69. The van der Waals surface area contributed by atoms with Gasteiger partial charge in [-0.1, -0.05) is 31.4 Å². The first-order valence-electron chi connectivity index (χ1n) is 6.10. The molecular formula is C12H19ClN4. The molecule has 0 radical (unpaired) electrons. The summed E-state index contributed by atoms with van der Waals surface area (Å²) in [5, 5.41) is 0.569. The highest BCUT2D eigenvalue weighted by atomic mass is 35.5. The van der Waals surface area contributed by atoms with Crippen molar-refractivity contribution in [2.45, 2.75) is 38.6 Å². The first-order valence-corrected chi connectivity index (χ1v) is 6.48. The SMILES string of the molecule is CC1CCCCC1N(C)c1nc(N)ncc1Cl. The molecule has 0 amide bonds. The predicted molar refractivity (Wildman–Crippen MR) is 71.3 cm³/mol. The highest BCUT2D eigenvalue weighted by molar-refractivity contribution is 6.32. The van der Waals surface area contributed by atoms with Crippen molar-refractivity contribution >= 4 is 23.4 Å². The molecule has 1 saturated carbocycles. The number of hydrogen-bond donors (Lipinski definition) is 1. The highest BCUT2D eigenvalue weighted by Crippen LogP contribution is 2.32. The standard InChI is InChI=1S/C12H19ClN4/c1-8-5-3-4-6-10(8)17(2)11-9(13)7-15-12(14)16-11/h7-8,10H,3-6H2,1-2H3,(H2,14,15,16). The van der Waals surface area contributed by atoms with Crippen LogP contribution < -0.4 is 10.6 Å². The zero-order valence-electron chi connectivity index (χ0n) is 10.4. The number of rotatable bonds is 2. The second-order valence-electron chi connectivity index (χ2n) is 4.84. The second kappa shape index (κ2) is 5.08. The number of halogens is 1. The van der Waals surface area contributed by atoms with Gasteiger partial charge in [0.15, 0.2) is 5.82 Å². The molecule has 94 valence electrons. The number of anilines is 2. The lowest BCUT2D eigenvalue weighted by molar-refractivity contribution is 0.320. The first kappa shape index (κ1) is 12.4. The van der Waals surface area contributed by atoms with E-state index in [0.29, 0.717) is 17.0 Å². The topological polar surface area (TPSA) is 55.0 Å². The Morgan fingerprint density at radius 2 is 2.12 bits per heavy atom. The molecule has 2 unspecified atom stereocenters. The molecular weight excluding hydrogens is 236 g/mol. The van der Waals surface area contributed by atoms with Crippen molar-refractivity contribution < 1.29 is 0 Å². The number of hydrogen-bond acceptors (Lipinski definition) is 4. The zero-order chi connectivity index (χ0) is 12.4. The molecule has 0 aromatic carbocycles. The third-order valence-electron chi connectivity index (χ3n) is 3.64. The van der Waals surface area contributed by atoms with Crippen molar-refractivity contribution in [1.29, 1.82) is 0 Å². The fraction of sp³-hybridized carbons (Fsp3) is 0.667. The average molecular weight is 255 g/mol. The summed E-state index contributed by atoms with van der Waals surface area (Å²) in [4.78, 5) is 10.3. The van der Waals surface area contributed by atoms with Gasteiger partial charge in [0.25, 0.3) is 0 Å². The van der Waals surface area contributed by atoms with Crippen LogP contribution in [0.15, 0.2) is 6.20 Å². The minimum Gasteiger partial charge on any atom is -0.368 e. The Balaban J connectivity index is 2.23. The van der Waals surface area contributed by atoms with Crippen LogP contribution in [0.3, 0.4) is 0 Å². The quantitative estimate of drug-likeness (QED) is 0.882. The molecule has 0 aliphatic heterocycles. The maximum Gasteiger partial charge on any atom is 0.222 e. The number of aromatic nitrogens is 2. The Morgan fingerprint density at radius 3 is 2.82 bits per heavy atom. The summed E-state index contributed by atoms with van der Waals surface area (Å²) in [7, 11) is 2.04. The molecule has 1 aromatic heterocycles. The molecule has 17 heavy (non-hydrogen) atoms. The van der Waals surface area contributed by atoms with Crippen molar-refractivity contribution in [1.82, 2.24) is 9.97 Å². The molecule has 2 rings (SSSR count). The number of nitrogens with two attached hydrogens (primary N) is 1. The lowest BCUT2D eigenvalue weighted by atomic mass is 9.85. The van der Waals surface area contributed by atoms with Crippen LogP contribution >= 0.6 is 11.6 Å². The Morgan fingerprint density at radius 1 is 1.41 bits per heavy atom. The van der Waals surface area contributed by atoms with Crippen molar-refractivity contribution in [3.05, 3.63) is 11.2 Å². The monoisotopic (exact) mass is 254 g/mol. The maximum absolute atomic E-state index is 6.14. The number of nitrogens with zero attached hydrogens (tertiary/aromatic N) is 3. The van der Waals surface area contributed by atoms with E-state index in [9.17, 15) is 0 Å². The Bertz CT molecular complexity index is 396. The Kier molecular flexibility index (Phi) is 3.72. The van der Waals surface area contributed by atoms with E-state index >= 15 is 0 Å². The Labute approximate surface area is 107 Å². The van der Waals surface area contributed by atoms with Gasteiger partial charge >= 0.3 is 0 Å². The van der Waals surface area contributed by atoms with Gasteiger partial charge in [-0.05, 0) is 18.8 Å². The van der Waals surface area contributed by atoms with E-state index in [4.69, 9.17) is 17.3 Å². The van der Waals surface area contributed by atoms with Crippen LogP contribution in [0.25, 0.3) is 0 Å². The van der Waals surface area contributed by atoms with E-state index in [1.807, 2.05) is 7.05 Å². The van der Waals surface area contributed by atoms with Crippen LogP contribution in [-0.4, -0.2) is 23.1 Å². The van der Waals surface area contributed by atoms with E-state index < -0.39 is 0 Å². The van der Waals surface area contributed by atoms with E-state index in [1.165, 1.54) is 25.7 Å². The average Bonchev–Trinajstić information content (AvgIpc) is 2.32. The van der Waals surface area contributed by atoms with Gasteiger partial charge in [-0.25, -0.2) is 4.98 Å². The molecule has 1 aliphatic carbocycles. The van der Waals surface area contributed by atoms with Gasteiger partial charge in [0.2, 0.25) is 5.95 Å². The van der Waals surface area contributed by atoms with Crippen LogP contribution in [0.5, 0.6) is 0 Å². The molecule has 1 aliphatic rings. The maximum atomic E-state index is 6.14. The zero-order valence-corrected chi connectivity index (χ0v) is 11.1. The van der Waals surface area contributed by atoms with Gasteiger partial charge in [0.05, 0.1) is 6.20 Å². The van der Waals surface area contributed by atoms with E-state index in [2.05, 4.69) is 21.8 Å². The molecule has 2 atom stereocenters. The lowest BCUT2D eigenvalue weighted by Gasteiger charge is -2.37. The third kappa shape index (κ3) is 2.63. The van der Waals surface area contributed by atoms with Gasteiger partial charge in [-0.3, -0.25) is 0 Å². The predicted octanol–water partition coefficient (Wildman–Crippen LogP) is 2.73. The van der Waals surface area contributed by atoms with Crippen molar-refractivity contribution in [2.24, 2.45) is 5.92 Å². The third-order valence-corrected chi connectivity index (χ3v) is 3.91. The largest absolute Gasteiger partial charge is 0.368 e. The first-order chi connectivity index (χ1) is 8.09. The molecule has 5 heteroatoms. The van der Waals surface area contributed by atoms with Crippen LogP contribution in [0.1, 0.15) is 32.6 Å². The minimum atomic E-state index is 0.278. The molecule has 1 fully saturated rings. The van der Waals surface area contributed by atoms with Gasteiger partial charge in [-0.15, -0.1) is 0 Å². The Hall–Kier alpha value is -1.03. The van der Waals surface area contributed by atoms with E-state index in [0.717, 1.165) is 5.82 Å². The fourth-order valence-electron chi connectivity index (χ4n) is 2.65. The van der Waals surface area contributed by atoms with Crippen LogP contribution in [0.4, 0.5) is 11.8 Å². The summed E-state index contributed by atoms with van der Waals surface area (Å²) >= 11 is 6.14. The molecule has 2 N–H and O–H groups in total. The second-order valence-corrected chi connectivity index (χ2v) is 5.25. The van der Waals surface area contributed by atoms with Crippen LogP contribution in [0.2, 0.25) is 5.02 Å². The van der Waals surface area contributed by atoms with Gasteiger partial charge in [0.1, 0.15) is 5.02 Å². The summed E-state index contributed by atoms with van der Waals surface area (Å²) < 4.78 is 0. The summed E-state index contributed by atoms with van der Waals surface area (Å²) in [5.41, 5.74) is 5.62. The normalized spacial score (nSPS) is 24.6. The van der Waals surface area contributed by atoms with Crippen molar-refractivity contribution in [3.63, 3.8) is 0 Å². The summed E-state index contributed by atoms with van der Waals surface area (Å²) in [6, 6.07) is 0.496.